The van der Waals surface area contributed by atoms with Crippen LogP contribution in [-0.2, 0) is 11.4 Å². The van der Waals surface area contributed by atoms with Gasteiger partial charge in [-0.05, 0) is 48.7 Å². The van der Waals surface area contributed by atoms with E-state index in [4.69, 9.17) is 9.47 Å². The Morgan fingerprint density at radius 2 is 1.59 bits per heavy atom. The van der Waals surface area contributed by atoms with Crippen molar-refractivity contribution in [3.8, 4) is 11.5 Å². The molecule has 0 fully saturated rings. The van der Waals surface area contributed by atoms with E-state index in [1.54, 1.807) is 25.2 Å². The van der Waals surface area contributed by atoms with Crippen LogP contribution in [-0.4, -0.2) is 37.4 Å². The van der Waals surface area contributed by atoms with Crippen LogP contribution in [0.2, 0.25) is 0 Å². The number of ether oxygens (including phenoxy) is 2. The Morgan fingerprint density at radius 3 is 2.25 bits per heavy atom. The van der Waals surface area contributed by atoms with Crippen molar-refractivity contribution in [3.63, 3.8) is 0 Å². The topological polar surface area (TPSA) is 67.9 Å². The van der Waals surface area contributed by atoms with Gasteiger partial charge in [-0.2, -0.15) is 0 Å². The first kappa shape index (κ1) is 22.9. The standard InChI is InChI=1S/C26H28N2O4/c1-18-9-8-10-19(2)25(18)27-24(29)16-28(3)26(30)21-13-14-22(23(15-21)31-4)32-17-20-11-6-5-7-12-20/h5-15H,16-17H2,1-4H3,(H,27,29). The molecule has 0 saturated carbocycles. The number of anilines is 1. The second-order valence-corrected chi connectivity index (χ2v) is 7.62. The van der Waals surface area contributed by atoms with Crippen LogP contribution >= 0.6 is 0 Å². The molecule has 0 heterocycles. The molecule has 6 nitrogen and oxygen atoms in total. The Bertz CT molecular complexity index is 1080. The Hall–Kier alpha value is -3.80. The largest absolute Gasteiger partial charge is 0.493 e. The predicted octanol–water partition coefficient (Wildman–Crippen LogP) is 4.60. The van der Waals surface area contributed by atoms with E-state index in [2.05, 4.69) is 5.32 Å². The fraction of sp³-hybridized carbons (Fsp3) is 0.231. The molecule has 3 rings (SSSR count). The highest BCUT2D eigenvalue weighted by atomic mass is 16.5. The van der Waals surface area contributed by atoms with Gasteiger partial charge in [0.2, 0.25) is 5.91 Å². The molecule has 1 N–H and O–H groups in total. The molecule has 6 heteroatoms. The van der Waals surface area contributed by atoms with Crippen molar-refractivity contribution >= 4 is 17.5 Å². The van der Waals surface area contributed by atoms with E-state index in [0.717, 1.165) is 22.4 Å². The molecule has 0 spiro atoms. The van der Waals surface area contributed by atoms with Crippen molar-refractivity contribution in [2.45, 2.75) is 20.5 Å². The Kier molecular flexibility index (Phi) is 7.49. The summed E-state index contributed by atoms with van der Waals surface area (Å²) < 4.78 is 11.3. The lowest BCUT2D eigenvalue weighted by Crippen LogP contribution is -2.35. The third-order valence-electron chi connectivity index (χ3n) is 5.12. The van der Waals surface area contributed by atoms with Crippen molar-refractivity contribution in [3.05, 3.63) is 89.0 Å². The first-order valence-corrected chi connectivity index (χ1v) is 10.4. The van der Waals surface area contributed by atoms with Gasteiger partial charge < -0.3 is 19.7 Å². The van der Waals surface area contributed by atoms with Crippen molar-refractivity contribution in [1.82, 2.24) is 4.90 Å². The zero-order chi connectivity index (χ0) is 23.1. The molecule has 0 aliphatic rings. The van der Waals surface area contributed by atoms with Gasteiger partial charge in [-0.15, -0.1) is 0 Å². The van der Waals surface area contributed by atoms with Crippen molar-refractivity contribution < 1.29 is 19.1 Å². The molecule has 0 aromatic heterocycles. The van der Waals surface area contributed by atoms with E-state index in [1.807, 2.05) is 62.4 Å². The minimum absolute atomic E-state index is 0.0683. The molecular weight excluding hydrogens is 404 g/mol. The number of hydrogen-bond donors (Lipinski definition) is 1. The highest BCUT2D eigenvalue weighted by Gasteiger charge is 2.18. The highest BCUT2D eigenvalue weighted by Crippen LogP contribution is 2.29. The molecule has 0 bridgehead atoms. The van der Waals surface area contributed by atoms with Gasteiger partial charge in [0, 0.05) is 18.3 Å². The summed E-state index contributed by atoms with van der Waals surface area (Å²) in [4.78, 5) is 26.8. The number of likely N-dealkylation sites (N-methyl/N-ethyl adjacent to an activating group) is 1. The second kappa shape index (κ2) is 10.5. The van der Waals surface area contributed by atoms with E-state index in [-0.39, 0.29) is 18.4 Å². The number of hydrogen-bond acceptors (Lipinski definition) is 4. The molecule has 0 unspecified atom stereocenters. The maximum absolute atomic E-state index is 12.9. The normalized spacial score (nSPS) is 10.4. The van der Waals surface area contributed by atoms with Crippen molar-refractivity contribution in [1.29, 1.82) is 0 Å². The van der Waals surface area contributed by atoms with Gasteiger partial charge in [-0.25, -0.2) is 0 Å². The molecule has 3 aromatic carbocycles. The molecule has 3 aromatic rings. The number of aryl methyl sites for hydroxylation is 2. The Balaban J connectivity index is 1.65. The van der Waals surface area contributed by atoms with Crippen LogP contribution in [0, 0.1) is 13.8 Å². The van der Waals surface area contributed by atoms with Gasteiger partial charge in [-0.3, -0.25) is 9.59 Å². The first-order valence-electron chi connectivity index (χ1n) is 10.4. The molecule has 0 aliphatic heterocycles. The van der Waals surface area contributed by atoms with Gasteiger partial charge in [0.25, 0.3) is 5.91 Å². The van der Waals surface area contributed by atoms with E-state index in [0.29, 0.717) is 23.7 Å². The summed E-state index contributed by atoms with van der Waals surface area (Å²) in [6.07, 6.45) is 0. The van der Waals surface area contributed by atoms with E-state index < -0.39 is 0 Å². The van der Waals surface area contributed by atoms with Gasteiger partial charge >= 0.3 is 0 Å². The molecule has 166 valence electrons. The van der Waals surface area contributed by atoms with Crippen molar-refractivity contribution in [2.75, 3.05) is 26.0 Å². The maximum Gasteiger partial charge on any atom is 0.254 e. The van der Waals surface area contributed by atoms with E-state index in [1.165, 1.54) is 12.0 Å². The number of amides is 2. The SMILES string of the molecule is COc1cc(C(=O)N(C)CC(=O)Nc2c(C)cccc2C)ccc1OCc1ccccc1. The molecule has 0 radical (unpaired) electrons. The fourth-order valence-corrected chi connectivity index (χ4v) is 3.35. The van der Waals surface area contributed by atoms with E-state index >= 15 is 0 Å². The van der Waals surface area contributed by atoms with Gasteiger partial charge in [0.05, 0.1) is 13.7 Å². The fourth-order valence-electron chi connectivity index (χ4n) is 3.35. The first-order chi connectivity index (χ1) is 15.4. The summed E-state index contributed by atoms with van der Waals surface area (Å²) in [5.41, 5.74) is 4.17. The maximum atomic E-state index is 12.9. The van der Waals surface area contributed by atoms with Gasteiger partial charge in [0.15, 0.2) is 11.5 Å². The number of methoxy groups -OCH3 is 1. The summed E-state index contributed by atoms with van der Waals surface area (Å²) in [5.74, 6) is 0.464. The smallest absolute Gasteiger partial charge is 0.254 e. The molecule has 0 aliphatic carbocycles. The third kappa shape index (κ3) is 5.66. The number of carbonyl (C=O) groups excluding carboxylic acids is 2. The van der Waals surface area contributed by atoms with Crippen molar-refractivity contribution in [2.24, 2.45) is 0 Å². The van der Waals surface area contributed by atoms with Gasteiger partial charge in [-0.1, -0.05) is 48.5 Å². The van der Waals surface area contributed by atoms with Crippen LogP contribution in [0.15, 0.2) is 66.7 Å². The number of rotatable bonds is 8. The van der Waals surface area contributed by atoms with Crippen LogP contribution in [0.5, 0.6) is 11.5 Å². The third-order valence-corrected chi connectivity index (χ3v) is 5.12. The number of para-hydroxylation sites is 1. The highest BCUT2D eigenvalue weighted by molar-refractivity contribution is 6.00. The summed E-state index contributed by atoms with van der Waals surface area (Å²) >= 11 is 0. The molecular formula is C26H28N2O4. The second-order valence-electron chi connectivity index (χ2n) is 7.62. The lowest BCUT2D eigenvalue weighted by molar-refractivity contribution is -0.116. The van der Waals surface area contributed by atoms with E-state index in [9.17, 15) is 9.59 Å². The predicted molar refractivity (Wildman–Crippen MR) is 125 cm³/mol. The van der Waals surface area contributed by atoms with Crippen LogP contribution in [0.3, 0.4) is 0 Å². The quantitative estimate of drug-likeness (QED) is 0.565. The zero-order valence-corrected chi connectivity index (χ0v) is 18.8. The number of nitrogens with one attached hydrogen (secondary N) is 1. The average molecular weight is 433 g/mol. The number of benzene rings is 3. The lowest BCUT2D eigenvalue weighted by Gasteiger charge is -2.19. The van der Waals surface area contributed by atoms with Crippen LogP contribution < -0.4 is 14.8 Å². The number of nitrogens with zero attached hydrogens (tertiary/aromatic N) is 1. The summed E-state index contributed by atoms with van der Waals surface area (Å²) in [6.45, 7) is 4.19. The van der Waals surface area contributed by atoms with Gasteiger partial charge in [0.1, 0.15) is 6.61 Å². The molecule has 0 saturated heterocycles. The molecule has 32 heavy (non-hydrogen) atoms. The minimum Gasteiger partial charge on any atom is -0.493 e. The summed E-state index contributed by atoms with van der Waals surface area (Å²) in [7, 11) is 3.12. The Labute approximate surface area is 188 Å². The summed E-state index contributed by atoms with van der Waals surface area (Å²) in [5, 5.41) is 2.90. The minimum atomic E-state index is -0.283. The van der Waals surface area contributed by atoms with Crippen LogP contribution in [0.25, 0.3) is 0 Å². The monoisotopic (exact) mass is 432 g/mol. The molecule has 2 amide bonds. The summed E-state index contributed by atoms with van der Waals surface area (Å²) in [6, 6.07) is 20.6. The lowest BCUT2D eigenvalue weighted by atomic mass is 10.1. The number of carbonyl (C=O) groups is 2. The van der Waals surface area contributed by atoms with Crippen LogP contribution in [0.4, 0.5) is 5.69 Å². The zero-order valence-electron chi connectivity index (χ0n) is 18.8. The Morgan fingerprint density at radius 1 is 0.906 bits per heavy atom. The average Bonchev–Trinajstić information content (AvgIpc) is 2.80. The molecule has 0 atom stereocenters. The van der Waals surface area contributed by atoms with Crippen LogP contribution in [0.1, 0.15) is 27.0 Å².